The van der Waals surface area contributed by atoms with Crippen LogP contribution in [0, 0.1) is 0 Å². The molecule has 0 saturated heterocycles. The van der Waals surface area contributed by atoms with E-state index in [9.17, 15) is 9.59 Å². The number of benzene rings is 1. The number of primary amides is 1. The summed E-state index contributed by atoms with van der Waals surface area (Å²) in [6, 6.07) is 7.73. The number of nitrogens with one attached hydrogen (secondary N) is 1. The van der Waals surface area contributed by atoms with E-state index in [0.29, 0.717) is 17.8 Å². The summed E-state index contributed by atoms with van der Waals surface area (Å²) >= 11 is 1.38. The molecule has 1 aromatic heterocycles. The van der Waals surface area contributed by atoms with Gasteiger partial charge in [-0.15, -0.1) is 11.3 Å². The lowest BCUT2D eigenvalue weighted by molar-refractivity contribution is 0.100. The molecule has 0 unspecified atom stereocenters. The Morgan fingerprint density at radius 2 is 2.11 bits per heavy atom. The Morgan fingerprint density at radius 1 is 1.37 bits per heavy atom. The maximum absolute atomic E-state index is 11.5. The maximum Gasteiger partial charge on any atom is 0.406 e. The first kappa shape index (κ1) is 13.4. The predicted octanol–water partition coefficient (Wildman–Crippen LogP) is 1.90. The third kappa shape index (κ3) is 2.85. The van der Waals surface area contributed by atoms with Crippen molar-refractivity contribution in [2.24, 2.45) is 5.73 Å². The highest BCUT2D eigenvalue weighted by Crippen LogP contribution is 2.31. The molecule has 19 heavy (non-hydrogen) atoms. The van der Waals surface area contributed by atoms with Crippen LogP contribution in [-0.4, -0.2) is 25.7 Å². The fourth-order valence-corrected chi connectivity index (χ4v) is 3.01. The number of carbonyl (C=O) groups is 2. The van der Waals surface area contributed by atoms with Gasteiger partial charge in [0.05, 0.1) is 12.0 Å². The molecule has 2 amide bonds. The molecule has 1 aromatic carbocycles. The highest BCUT2D eigenvalue weighted by atomic mass is 32.1. The number of hydrogen-bond acceptors (Lipinski definition) is 4. The molecule has 0 atom stereocenters. The Hall–Kier alpha value is -2.08. The minimum Gasteiger partial charge on any atom is -0.453 e. The summed E-state index contributed by atoms with van der Waals surface area (Å²) in [5, 5.41) is 3.60. The second kappa shape index (κ2) is 5.71. The summed E-state index contributed by atoms with van der Waals surface area (Å²) in [5.74, 6) is -0.436. The smallest absolute Gasteiger partial charge is 0.406 e. The minimum atomic E-state index is -0.486. The predicted molar refractivity (Wildman–Crippen MR) is 74.5 cm³/mol. The van der Waals surface area contributed by atoms with E-state index < -0.39 is 12.0 Å². The summed E-state index contributed by atoms with van der Waals surface area (Å²) in [4.78, 5) is 23.0. The zero-order valence-electron chi connectivity index (χ0n) is 10.4. The van der Waals surface area contributed by atoms with Gasteiger partial charge in [-0.1, -0.05) is 18.2 Å². The zero-order valence-corrected chi connectivity index (χ0v) is 11.3. The van der Waals surface area contributed by atoms with Crippen LogP contribution in [0.4, 0.5) is 4.79 Å². The van der Waals surface area contributed by atoms with E-state index in [1.54, 1.807) is 0 Å². The molecule has 0 aliphatic heterocycles. The fourth-order valence-electron chi connectivity index (χ4n) is 1.91. The number of fused-ring (bicyclic) bond motifs is 1. The van der Waals surface area contributed by atoms with Crippen molar-refractivity contribution in [2.75, 3.05) is 13.7 Å². The first-order chi connectivity index (χ1) is 9.13. The van der Waals surface area contributed by atoms with E-state index in [1.165, 1.54) is 18.4 Å². The number of thiophene rings is 1. The summed E-state index contributed by atoms with van der Waals surface area (Å²) in [6.07, 6.45) is 0.0531. The summed E-state index contributed by atoms with van der Waals surface area (Å²) in [5.41, 5.74) is 6.27. The molecular formula is C13H14N2O3S. The van der Waals surface area contributed by atoms with Crippen LogP contribution in [0.5, 0.6) is 0 Å². The number of amides is 2. The first-order valence-electron chi connectivity index (χ1n) is 5.75. The molecule has 0 spiro atoms. The molecule has 1 heterocycles. The highest BCUT2D eigenvalue weighted by molar-refractivity contribution is 7.21. The van der Waals surface area contributed by atoms with Crippen molar-refractivity contribution >= 4 is 33.4 Å². The van der Waals surface area contributed by atoms with Gasteiger partial charge in [0.15, 0.2) is 0 Å². The second-order valence-electron chi connectivity index (χ2n) is 3.94. The molecule has 0 aliphatic carbocycles. The fraction of sp³-hybridized carbons (Fsp3) is 0.231. The Kier molecular flexibility index (Phi) is 4.01. The number of methoxy groups -OCH3 is 1. The number of carbonyl (C=O) groups excluding carboxylic acids is 2. The minimum absolute atomic E-state index is 0.397. The van der Waals surface area contributed by atoms with Crippen molar-refractivity contribution in [3.63, 3.8) is 0 Å². The monoisotopic (exact) mass is 278 g/mol. The van der Waals surface area contributed by atoms with Gasteiger partial charge in [-0.3, -0.25) is 4.79 Å². The van der Waals surface area contributed by atoms with Gasteiger partial charge >= 0.3 is 6.09 Å². The molecule has 0 bridgehead atoms. The topological polar surface area (TPSA) is 81.4 Å². The molecule has 100 valence electrons. The molecule has 5 nitrogen and oxygen atoms in total. The zero-order chi connectivity index (χ0) is 13.8. The van der Waals surface area contributed by atoms with Crippen molar-refractivity contribution in [1.29, 1.82) is 0 Å². The Morgan fingerprint density at radius 3 is 2.79 bits per heavy atom. The molecule has 0 aliphatic rings. The number of nitrogens with two attached hydrogens (primary N) is 1. The third-order valence-corrected chi connectivity index (χ3v) is 3.98. The number of alkyl carbamates (subject to hydrolysis) is 1. The number of rotatable bonds is 4. The lowest BCUT2D eigenvalue weighted by atomic mass is 10.1. The quantitative estimate of drug-likeness (QED) is 0.896. The summed E-state index contributed by atoms with van der Waals surface area (Å²) in [7, 11) is 1.31. The molecular weight excluding hydrogens is 264 g/mol. The van der Waals surface area contributed by atoms with Gasteiger partial charge in [0.25, 0.3) is 5.91 Å². The van der Waals surface area contributed by atoms with Crippen LogP contribution in [0.2, 0.25) is 0 Å². The van der Waals surface area contributed by atoms with Crippen LogP contribution in [-0.2, 0) is 11.2 Å². The Balaban J connectivity index is 2.26. The van der Waals surface area contributed by atoms with Gasteiger partial charge in [0, 0.05) is 11.2 Å². The lowest BCUT2D eigenvalue weighted by Crippen LogP contribution is -2.25. The van der Waals surface area contributed by atoms with Crippen LogP contribution in [0.25, 0.3) is 10.1 Å². The standard InChI is InChI=1S/C13H14N2O3S/c1-18-13(17)15-7-6-9-8-4-2-3-5-10(8)19-11(9)12(14)16/h2-5H,6-7H2,1H3,(H2,14,16)(H,15,17). The summed E-state index contributed by atoms with van der Waals surface area (Å²) in [6.45, 7) is 0.397. The maximum atomic E-state index is 11.5. The SMILES string of the molecule is COC(=O)NCCc1c(C(N)=O)sc2ccccc12. The second-order valence-corrected chi connectivity index (χ2v) is 4.99. The number of hydrogen-bond donors (Lipinski definition) is 2. The van der Waals surface area contributed by atoms with Crippen LogP contribution in [0.3, 0.4) is 0 Å². The average Bonchev–Trinajstić information content (AvgIpc) is 2.78. The molecule has 0 fully saturated rings. The van der Waals surface area contributed by atoms with Crippen molar-refractivity contribution < 1.29 is 14.3 Å². The van der Waals surface area contributed by atoms with Crippen molar-refractivity contribution in [3.8, 4) is 0 Å². The molecule has 0 radical (unpaired) electrons. The first-order valence-corrected chi connectivity index (χ1v) is 6.57. The molecule has 6 heteroatoms. The largest absolute Gasteiger partial charge is 0.453 e. The number of ether oxygens (including phenoxy) is 1. The van der Waals surface area contributed by atoms with Crippen molar-refractivity contribution in [2.45, 2.75) is 6.42 Å². The van der Waals surface area contributed by atoms with E-state index in [0.717, 1.165) is 15.6 Å². The van der Waals surface area contributed by atoms with E-state index >= 15 is 0 Å². The molecule has 2 aromatic rings. The Bertz CT molecular complexity index is 621. The van der Waals surface area contributed by atoms with E-state index in [1.807, 2.05) is 24.3 Å². The Labute approximate surface area is 114 Å². The molecule has 3 N–H and O–H groups in total. The molecule has 2 rings (SSSR count). The van der Waals surface area contributed by atoms with Crippen molar-refractivity contribution in [1.82, 2.24) is 5.32 Å². The van der Waals surface area contributed by atoms with Crippen molar-refractivity contribution in [3.05, 3.63) is 34.7 Å². The third-order valence-electron chi connectivity index (χ3n) is 2.75. The van der Waals surface area contributed by atoms with E-state index in [2.05, 4.69) is 10.1 Å². The van der Waals surface area contributed by atoms with Gasteiger partial charge in [-0.2, -0.15) is 0 Å². The normalized spacial score (nSPS) is 10.4. The van der Waals surface area contributed by atoms with Crippen LogP contribution in [0.1, 0.15) is 15.2 Å². The van der Waals surface area contributed by atoms with Crippen LogP contribution < -0.4 is 11.1 Å². The highest BCUT2D eigenvalue weighted by Gasteiger charge is 2.15. The van der Waals surface area contributed by atoms with E-state index in [4.69, 9.17) is 5.73 Å². The van der Waals surface area contributed by atoms with E-state index in [-0.39, 0.29) is 0 Å². The molecule has 0 saturated carbocycles. The summed E-state index contributed by atoms with van der Waals surface area (Å²) < 4.78 is 5.51. The van der Waals surface area contributed by atoms with Gasteiger partial charge in [-0.25, -0.2) is 4.79 Å². The van der Waals surface area contributed by atoms with Gasteiger partial charge in [-0.05, 0) is 23.4 Å². The van der Waals surface area contributed by atoms with Gasteiger partial charge in [0.1, 0.15) is 0 Å². The van der Waals surface area contributed by atoms with Crippen LogP contribution >= 0.6 is 11.3 Å². The van der Waals surface area contributed by atoms with Crippen LogP contribution in [0.15, 0.2) is 24.3 Å². The lowest BCUT2D eigenvalue weighted by Gasteiger charge is -2.04. The van der Waals surface area contributed by atoms with Gasteiger partial charge < -0.3 is 15.8 Å². The van der Waals surface area contributed by atoms with Gasteiger partial charge in [0.2, 0.25) is 0 Å². The average molecular weight is 278 g/mol.